The largest absolute Gasteiger partial charge is 0.341 e. The Labute approximate surface area is 101 Å². The third kappa shape index (κ3) is 4.43. The minimum absolute atomic E-state index is 0.0420. The van der Waals surface area contributed by atoms with E-state index in [9.17, 15) is 9.18 Å². The number of urea groups is 1. The lowest BCUT2D eigenvalue weighted by Gasteiger charge is -2.22. The second kappa shape index (κ2) is 6.23. The van der Waals surface area contributed by atoms with Crippen molar-refractivity contribution in [3.63, 3.8) is 0 Å². The molecular weight excluding hydrogens is 219 g/mol. The molecule has 0 unspecified atom stereocenters. The highest BCUT2D eigenvalue weighted by Crippen LogP contribution is 2.11. The molecule has 0 aliphatic carbocycles. The topological polar surface area (TPSA) is 41.1 Å². The fraction of sp³-hybridized carbons (Fsp3) is 0.462. The number of nitrogens with one attached hydrogen (secondary N) is 2. The number of halogens is 1. The van der Waals surface area contributed by atoms with E-state index in [1.807, 2.05) is 13.8 Å². The molecule has 4 heteroatoms. The lowest BCUT2D eigenvalue weighted by Crippen LogP contribution is -2.44. The Morgan fingerprint density at radius 3 is 2.35 bits per heavy atom. The van der Waals surface area contributed by atoms with E-state index in [0.717, 1.165) is 5.56 Å². The van der Waals surface area contributed by atoms with Crippen molar-refractivity contribution in [3.8, 4) is 0 Å². The monoisotopic (exact) mass is 238 g/mol. The van der Waals surface area contributed by atoms with Crippen molar-refractivity contribution in [1.29, 1.82) is 0 Å². The average molecular weight is 238 g/mol. The van der Waals surface area contributed by atoms with E-state index < -0.39 is 0 Å². The first-order chi connectivity index (χ1) is 8.02. The zero-order chi connectivity index (χ0) is 12.8. The minimum Gasteiger partial charge on any atom is -0.341 e. The van der Waals surface area contributed by atoms with Crippen LogP contribution in [0.1, 0.15) is 19.4 Å². The fourth-order valence-corrected chi connectivity index (χ4v) is 1.57. The van der Waals surface area contributed by atoms with E-state index in [1.165, 1.54) is 12.1 Å². The molecule has 0 radical (unpaired) electrons. The van der Waals surface area contributed by atoms with Crippen molar-refractivity contribution in [2.24, 2.45) is 5.92 Å². The maximum Gasteiger partial charge on any atom is 0.314 e. The molecule has 1 atom stereocenters. The lowest BCUT2D eigenvalue weighted by atomic mass is 9.96. The molecule has 94 valence electrons. The highest BCUT2D eigenvalue weighted by atomic mass is 19.1. The summed E-state index contributed by atoms with van der Waals surface area (Å²) < 4.78 is 12.8. The molecule has 2 N–H and O–H groups in total. The van der Waals surface area contributed by atoms with Crippen molar-refractivity contribution in [1.82, 2.24) is 10.6 Å². The van der Waals surface area contributed by atoms with E-state index in [1.54, 1.807) is 19.2 Å². The smallest absolute Gasteiger partial charge is 0.314 e. The van der Waals surface area contributed by atoms with Crippen LogP contribution in [0.25, 0.3) is 0 Å². The quantitative estimate of drug-likeness (QED) is 0.830. The van der Waals surface area contributed by atoms with Crippen LogP contribution in [0.2, 0.25) is 0 Å². The Morgan fingerprint density at radius 2 is 1.88 bits per heavy atom. The molecule has 2 amide bonds. The van der Waals surface area contributed by atoms with Crippen molar-refractivity contribution in [2.45, 2.75) is 26.3 Å². The maximum absolute atomic E-state index is 12.8. The summed E-state index contributed by atoms with van der Waals surface area (Å²) in [4.78, 5) is 11.3. The van der Waals surface area contributed by atoms with Gasteiger partial charge in [0.25, 0.3) is 0 Å². The van der Waals surface area contributed by atoms with Gasteiger partial charge in [-0.1, -0.05) is 26.0 Å². The second-order valence-corrected chi connectivity index (χ2v) is 4.40. The van der Waals surface area contributed by atoms with Crippen molar-refractivity contribution >= 4 is 6.03 Å². The van der Waals surface area contributed by atoms with Crippen LogP contribution in [0.15, 0.2) is 24.3 Å². The van der Waals surface area contributed by atoms with Crippen LogP contribution in [-0.4, -0.2) is 19.1 Å². The Balaban J connectivity index is 2.66. The summed E-state index contributed by atoms with van der Waals surface area (Å²) in [5.74, 6) is 0.0754. The average Bonchev–Trinajstić information content (AvgIpc) is 2.30. The second-order valence-electron chi connectivity index (χ2n) is 4.40. The maximum atomic E-state index is 12.8. The minimum atomic E-state index is -0.242. The van der Waals surface area contributed by atoms with Crippen LogP contribution in [0.3, 0.4) is 0 Å². The van der Waals surface area contributed by atoms with Crippen molar-refractivity contribution in [3.05, 3.63) is 35.6 Å². The van der Waals surface area contributed by atoms with Gasteiger partial charge in [-0.2, -0.15) is 0 Å². The van der Waals surface area contributed by atoms with Gasteiger partial charge in [-0.15, -0.1) is 0 Å². The van der Waals surface area contributed by atoms with Gasteiger partial charge in [-0.25, -0.2) is 9.18 Å². The summed E-state index contributed by atoms with van der Waals surface area (Å²) in [6.07, 6.45) is 0.700. The zero-order valence-corrected chi connectivity index (χ0v) is 10.5. The standard InChI is InChI=1S/C13H19FN2O/c1-9(2)12(16-13(17)15-3)8-10-4-6-11(14)7-5-10/h4-7,9,12H,8H2,1-3H3,(H2,15,16,17)/t12-/m0/s1. The normalized spacial score (nSPS) is 12.3. The molecule has 0 aliphatic heterocycles. The van der Waals surface area contributed by atoms with Gasteiger partial charge in [0.05, 0.1) is 0 Å². The van der Waals surface area contributed by atoms with Crippen LogP contribution in [0.4, 0.5) is 9.18 Å². The van der Waals surface area contributed by atoms with Gasteiger partial charge in [-0.3, -0.25) is 0 Å². The Hall–Kier alpha value is -1.58. The van der Waals surface area contributed by atoms with E-state index in [2.05, 4.69) is 10.6 Å². The van der Waals surface area contributed by atoms with E-state index in [4.69, 9.17) is 0 Å². The predicted molar refractivity (Wildman–Crippen MR) is 66.3 cm³/mol. The van der Waals surface area contributed by atoms with Gasteiger partial charge in [0, 0.05) is 13.1 Å². The SMILES string of the molecule is CNC(=O)N[C@@H](Cc1ccc(F)cc1)C(C)C. The van der Waals surface area contributed by atoms with Crippen LogP contribution in [-0.2, 0) is 6.42 Å². The van der Waals surface area contributed by atoms with Gasteiger partial charge in [-0.05, 0) is 30.0 Å². The third-order valence-electron chi connectivity index (χ3n) is 2.72. The highest BCUT2D eigenvalue weighted by molar-refractivity contribution is 5.73. The molecule has 3 nitrogen and oxygen atoms in total. The van der Waals surface area contributed by atoms with Crippen LogP contribution < -0.4 is 10.6 Å². The van der Waals surface area contributed by atoms with Crippen LogP contribution in [0.5, 0.6) is 0 Å². The fourth-order valence-electron chi connectivity index (χ4n) is 1.57. The molecule has 17 heavy (non-hydrogen) atoms. The zero-order valence-electron chi connectivity index (χ0n) is 10.5. The molecule has 0 aromatic heterocycles. The third-order valence-corrected chi connectivity index (χ3v) is 2.72. The van der Waals surface area contributed by atoms with Gasteiger partial charge in [0.15, 0.2) is 0 Å². The molecule has 0 bridgehead atoms. The summed E-state index contributed by atoms with van der Waals surface area (Å²) in [6, 6.07) is 6.22. The van der Waals surface area contributed by atoms with Crippen LogP contribution >= 0.6 is 0 Å². The van der Waals surface area contributed by atoms with E-state index in [-0.39, 0.29) is 17.9 Å². The van der Waals surface area contributed by atoms with Gasteiger partial charge < -0.3 is 10.6 Å². The number of carbonyl (C=O) groups excluding carboxylic acids is 1. The molecule has 0 saturated carbocycles. The summed E-state index contributed by atoms with van der Waals surface area (Å²) in [7, 11) is 1.59. The van der Waals surface area contributed by atoms with E-state index in [0.29, 0.717) is 12.3 Å². The summed E-state index contributed by atoms with van der Waals surface area (Å²) >= 11 is 0. The molecule has 1 rings (SSSR count). The molecule has 0 heterocycles. The Bertz CT molecular complexity index is 362. The number of carbonyl (C=O) groups is 1. The molecule has 1 aromatic rings. The molecule has 1 aromatic carbocycles. The van der Waals surface area contributed by atoms with Gasteiger partial charge in [0.2, 0.25) is 0 Å². The first-order valence-corrected chi connectivity index (χ1v) is 5.75. The number of benzene rings is 1. The molecular formula is C13H19FN2O. The number of hydrogen-bond donors (Lipinski definition) is 2. The van der Waals surface area contributed by atoms with Gasteiger partial charge >= 0.3 is 6.03 Å². The summed E-state index contributed by atoms with van der Waals surface area (Å²) in [5.41, 5.74) is 1.02. The molecule has 0 fully saturated rings. The predicted octanol–water partition coefficient (Wildman–Crippen LogP) is 2.32. The molecule has 0 aliphatic rings. The number of hydrogen-bond acceptors (Lipinski definition) is 1. The summed E-state index contributed by atoms with van der Waals surface area (Å²) in [6.45, 7) is 4.09. The first-order valence-electron chi connectivity index (χ1n) is 5.75. The molecule has 0 spiro atoms. The van der Waals surface area contributed by atoms with Crippen LogP contribution in [0, 0.1) is 11.7 Å². The first kappa shape index (κ1) is 13.5. The lowest BCUT2D eigenvalue weighted by molar-refractivity contribution is 0.234. The van der Waals surface area contributed by atoms with E-state index >= 15 is 0 Å². The number of amides is 2. The number of rotatable bonds is 4. The Kier molecular flexibility index (Phi) is 4.94. The van der Waals surface area contributed by atoms with Crippen molar-refractivity contribution in [2.75, 3.05) is 7.05 Å². The summed E-state index contributed by atoms with van der Waals surface area (Å²) in [5, 5.41) is 5.42. The Morgan fingerprint density at radius 1 is 1.29 bits per heavy atom. The van der Waals surface area contributed by atoms with Gasteiger partial charge in [0.1, 0.15) is 5.82 Å². The van der Waals surface area contributed by atoms with Crippen molar-refractivity contribution < 1.29 is 9.18 Å². The molecule has 0 saturated heterocycles. The highest BCUT2D eigenvalue weighted by Gasteiger charge is 2.15.